The van der Waals surface area contributed by atoms with Crippen LogP contribution in [0, 0.1) is 0 Å². The maximum absolute atomic E-state index is 9.76. The summed E-state index contributed by atoms with van der Waals surface area (Å²) in [6.07, 6.45) is -4.63. The summed E-state index contributed by atoms with van der Waals surface area (Å²) in [5, 5.41) is 34.1. The molecule has 0 bridgehead atoms. The first-order valence-electron chi connectivity index (χ1n) is 2.73. The third kappa shape index (κ3) is 5.08. The molecule has 0 saturated heterocycles. The Morgan fingerprint density at radius 3 is 2.00 bits per heavy atom. The molecule has 0 aromatic rings. The van der Waals surface area contributed by atoms with Gasteiger partial charge in [0.2, 0.25) is 0 Å². The molecule has 0 aromatic heterocycles. The van der Waals surface area contributed by atoms with Crippen molar-refractivity contribution < 1.29 is 25.2 Å². The van der Waals surface area contributed by atoms with Crippen LogP contribution in [0.25, 0.3) is 0 Å². The average molecular weight is 192 g/mol. The first-order valence-corrected chi connectivity index (χ1v) is 2.73. The van der Waals surface area contributed by atoms with Gasteiger partial charge in [0.25, 0.3) is 0 Å². The second-order valence-corrected chi connectivity index (χ2v) is 1.87. The fourth-order valence-corrected chi connectivity index (χ4v) is 0.416. The van der Waals surface area contributed by atoms with E-state index in [0.29, 0.717) is 0 Å². The number of aldehydes is 1. The van der Waals surface area contributed by atoms with Crippen LogP contribution in [0.15, 0.2) is 0 Å². The second kappa shape index (κ2) is 7.42. The SMILES string of the molecule is O=CC(O)C(O)C(O)CO.[CaH2]. The van der Waals surface area contributed by atoms with Gasteiger partial charge in [-0.05, 0) is 0 Å². The predicted octanol–water partition coefficient (Wildman–Crippen LogP) is -3.66. The third-order valence-electron chi connectivity index (χ3n) is 1.07. The van der Waals surface area contributed by atoms with Crippen molar-refractivity contribution in [2.45, 2.75) is 18.3 Å². The number of aliphatic hydroxyl groups is 4. The molecule has 0 spiro atoms. The second-order valence-electron chi connectivity index (χ2n) is 1.87. The van der Waals surface area contributed by atoms with Gasteiger partial charge in [0.15, 0.2) is 6.29 Å². The van der Waals surface area contributed by atoms with Crippen molar-refractivity contribution in [1.29, 1.82) is 0 Å². The number of aliphatic hydroxyl groups excluding tert-OH is 4. The quantitative estimate of drug-likeness (QED) is 0.272. The Labute approximate surface area is 93.7 Å². The zero-order valence-corrected chi connectivity index (χ0v) is 5.21. The summed E-state index contributed by atoms with van der Waals surface area (Å²) >= 11 is 0. The van der Waals surface area contributed by atoms with Crippen molar-refractivity contribution in [3.63, 3.8) is 0 Å². The molecule has 0 aliphatic carbocycles. The molecule has 0 amide bonds. The zero-order valence-electron chi connectivity index (χ0n) is 5.21. The molecule has 0 heterocycles. The molecule has 0 radical (unpaired) electrons. The molecule has 0 saturated carbocycles. The van der Waals surface area contributed by atoms with E-state index in [-0.39, 0.29) is 44.0 Å². The van der Waals surface area contributed by atoms with E-state index in [2.05, 4.69) is 0 Å². The van der Waals surface area contributed by atoms with Crippen molar-refractivity contribution in [3.8, 4) is 0 Å². The Balaban J connectivity index is 0. The van der Waals surface area contributed by atoms with Crippen LogP contribution in [0.3, 0.4) is 0 Å². The fourth-order valence-electron chi connectivity index (χ4n) is 0.416. The van der Waals surface area contributed by atoms with E-state index in [4.69, 9.17) is 20.4 Å². The van der Waals surface area contributed by atoms with Crippen molar-refractivity contribution in [2.24, 2.45) is 0 Å². The zero-order chi connectivity index (χ0) is 8.15. The van der Waals surface area contributed by atoms with Crippen LogP contribution in [0.1, 0.15) is 0 Å². The molecular formula is C5H12CaO5. The van der Waals surface area contributed by atoms with Gasteiger partial charge in [-0.3, -0.25) is 0 Å². The van der Waals surface area contributed by atoms with E-state index in [9.17, 15) is 4.79 Å². The van der Waals surface area contributed by atoms with Crippen LogP contribution in [-0.2, 0) is 4.79 Å². The number of hydrogen-bond acceptors (Lipinski definition) is 5. The van der Waals surface area contributed by atoms with Crippen LogP contribution in [-0.4, -0.2) is 89.4 Å². The van der Waals surface area contributed by atoms with Gasteiger partial charge < -0.3 is 25.2 Å². The first-order chi connectivity index (χ1) is 4.63. The first kappa shape index (κ1) is 14.3. The van der Waals surface area contributed by atoms with Gasteiger partial charge in [-0.15, -0.1) is 0 Å². The summed E-state index contributed by atoms with van der Waals surface area (Å²) in [6, 6.07) is 0. The van der Waals surface area contributed by atoms with Gasteiger partial charge >= 0.3 is 37.7 Å². The van der Waals surface area contributed by atoms with Crippen molar-refractivity contribution in [2.75, 3.05) is 6.61 Å². The van der Waals surface area contributed by atoms with Gasteiger partial charge in [-0.2, -0.15) is 0 Å². The Kier molecular flexibility index (Phi) is 9.65. The molecule has 5 nitrogen and oxygen atoms in total. The van der Waals surface area contributed by atoms with Gasteiger partial charge in [-0.25, -0.2) is 0 Å². The van der Waals surface area contributed by atoms with Crippen LogP contribution < -0.4 is 0 Å². The molecular weight excluding hydrogens is 180 g/mol. The number of hydrogen-bond donors (Lipinski definition) is 4. The normalized spacial score (nSPS) is 17.8. The molecule has 0 fully saturated rings. The van der Waals surface area contributed by atoms with E-state index in [1.165, 1.54) is 0 Å². The van der Waals surface area contributed by atoms with Gasteiger partial charge in [0.1, 0.15) is 18.3 Å². The molecule has 4 N–H and O–H groups in total. The maximum atomic E-state index is 9.76. The molecule has 0 rings (SSSR count). The van der Waals surface area contributed by atoms with Crippen LogP contribution in [0.2, 0.25) is 0 Å². The molecule has 3 unspecified atom stereocenters. The Bertz CT molecular complexity index is 109. The molecule has 0 aliphatic rings. The van der Waals surface area contributed by atoms with Gasteiger partial charge in [0, 0.05) is 0 Å². The fraction of sp³-hybridized carbons (Fsp3) is 0.800. The number of rotatable bonds is 4. The van der Waals surface area contributed by atoms with Crippen molar-refractivity contribution >= 4 is 44.0 Å². The Hall–Kier alpha value is 0.770. The van der Waals surface area contributed by atoms with Crippen molar-refractivity contribution in [1.82, 2.24) is 0 Å². The molecule has 0 aliphatic heterocycles. The molecule has 64 valence electrons. The Morgan fingerprint density at radius 1 is 1.27 bits per heavy atom. The molecule has 0 aromatic carbocycles. The van der Waals surface area contributed by atoms with Crippen molar-refractivity contribution in [3.05, 3.63) is 0 Å². The monoisotopic (exact) mass is 192 g/mol. The minimum absolute atomic E-state index is 0. The molecule has 6 heteroatoms. The van der Waals surface area contributed by atoms with E-state index in [0.717, 1.165) is 0 Å². The summed E-state index contributed by atoms with van der Waals surface area (Å²) in [6.45, 7) is -0.688. The van der Waals surface area contributed by atoms with E-state index in [1.807, 2.05) is 0 Å². The summed E-state index contributed by atoms with van der Waals surface area (Å²) in [5.74, 6) is 0. The summed E-state index contributed by atoms with van der Waals surface area (Å²) in [4.78, 5) is 9.76. The third-order valence-corrected chi connectivity index (χ3v) is 1.07. The Morgan fingerprint density at radius 2 is 1.73 bits per heavy atom. The topological polar surface area (TPSA) is 98.0 Å². The van der Waals surface area contributed by atoms with Crippen LogP contribution in [0.5, 0.6) is 0 Å². The standard InChI is InChI=1S/C5H10O5.Ca.2H/c6-1-3(8)5(10)4(9)2-7;;;/h1,3-5,7-10H,2H2;;;. The predicted molar refractivity (Wildman–Crippen MR) is 39.7 cm³/mol. The molecule has 3 atom stereocenters. The summed E-state index contributed by atoms with van der Waals surface area (Å²) in [5.41, 5.74) is 0. The van der Waals surface area contributed by atoms with E-state index < -0.39 is 24.9 Å². The number of carbonyl (C=O) groups excluding carboxylic acids is 1. The summed E-state index contributed by atoms with van der Waals surface area (Å²) in [7, 11) is 0. The van der Waals surface area contributed by atoms with E-state index >= 15 is 0 Å². The minimum atomic E-state index is -1.64. The van der Waals surface area contributed by atoms with Crippen LogP contribution in [0.4, 0.5) is 0 Å². The van der Waals surface area contributed by atoms with Gasteiger partial charge in [-0.1, -0.05) is 0 Å². The van der Waals surface area contributed by atoms with E-state index in [1.54, 1.807) is 0 Å². The summed E-state index contributed by atoms with van der Waals surface area (Å²) < 4.78 is 0. The average Bonchev–Trinajstić information content (AvgIpc) is 2.00. The molecule has 11 heavy (non-hydrogen) atoms. The number of carbonyl (C=O) groups is 1. The van der Waals surface area contributed by atoms with Crippen LogP contribution >= 0.6 is 0 Å². The van der Waals surface area contributed by atoms with Gasteiger partial charge in [0.05, 0.1) is 6.61 Å².